The summed E-state index contributed by atoms with van der Waals surface area (Å²) in [5.41, 5.74) is 1.12. The number of hydrogen-bond donors (Lipinski definition) is 1. The predicted octanol–water partition coefficient (Wildman–Crippen LogP) is 1.11. The number of β-amino-alcohol motifs (C(OH)–C–C–N with tert-alkyl or cyclic N) is 1. The summed E-state index contributed by atoms with van der Waals surface area (Å²) < 4.78 is 0. The van der Waals surface area contributed by atoms with E-state index in [-0.39, 0.29) is 11.8 Å². The fourth-order valence-electron chi connectivity index (χ4n) is 2.21. The molecule has 0 radical (unpaired) electrons. The predicted molar refractivity (Wildman–Crippen MR) is 69.0 cm³/mol. The van der Waals surface area contributed by atoms with Gasteiger partial charge in [0, 0.05) is 25.2 Å². The molecule has 1 aromatic carbocycles. The van der Waals surface area contributed by atoms with Gasteiger partial charge in [0.05, 0.1) is 28.3 Å². The fraction of sp³-hybridized carbons (Fsp3) is 0.333. The summed E-state index contributed by atoms with van der Waals surface area (Å²) in [6.45, 7) is 1.29. The third-order valence-electron chi connectivity index (χ3n) is 3.21. The first-order valence-corrected chi connectivity index (χ1v) is 5.98. The van der Waals surface area contributed by atoms with Gasteiger partial charge in [-0.25, -0.2) is 4.98 Å². The summed E-state index contributed by atoms with van der Waals surface area (Å²) in [6.07, 6.45) is 1.98. The largest absolute Gasteiger partial charge is 0.391 e. The van der Waals surface area contributed by atoms with Crippen molar-refractivity contribution in [3.05, 3.63) is 34.5 Å². The molecule has 3 rings (SSSR count). The summed E-state index contributed by atoms with van der Waals surface area (Å²) in [4.78, 5) is 20.8. The van der Waals surface area contributed by atoms with Crippen LogP contribution in [0.1, 0.15) is 6.42 Å². The monoisotopic (exact) mass is 260 g/mol. The molecule has 1 aromatic heterocycles. The second-order valence-electron chi connectivity index (χ2n) is 4.55. The number of fused-ring (bicyclic) bond motifs is 1. The number of hydrogen-bond acceptors (Lipinski definition) is 6. The normalized spacial score (nSPS) is 19.0. The van der Waals surface area contributed by atoms with Gasteiger partial charge in [0.1, 0.15) is 5.82 Å². The molecule has 0 aliphatic carbocycles. The van der Waals surface area contributed by atoms with Crippen molar-refractivity contribution in [1.29, 1.82) is 0 Å². The number of nitrogens with zero attached hydrogens (tertiary/aromatic N) is 4. The SMILES string of the molecule is O=[N+]([O-])c1ccc2nc(N3CC[C@@H](O)C3)cnc2c1. The van der Waals surface area contributed by atoms with Gasteiger partial charge in [0.2, 0.25) is 0 Å². The summed E-state index contributed by atoms with van der Waals surface area (Å²) in [5, 5.41) is 20.2. The summed E-state index contributed by atoms with van der Waals surface area (Å²) in [7, 11) is 0. The molecule has 19 heavy (non-hydrogen) atoms. The first-order chi connectivity index (χ1) is 9.13. The first kappa shape index (κ1) is 11.8. The molecule has 1 atom stereocenters. The van der Waals surface area contributed by atoms with E-state index in [9.17, 15) is 15.2 Å². The Kier molecular flexibility index (Phi) is 2.75. The first-order valence-electron chi connectivity index (χ1n) is 5.98. The zero-order valence-corrected chi connectivity index (χ0v) is 10.1. The molecule has 98 valence electrons. The number of rotatable bonds is 2. The fourth-order valence-corrected chi connectivity index (χ4v) is 2.21. The zero-order chi connectivity index (χ0) is 13.4. The molecular weight excluding hydrogens is 248 g/mol. The maximum Gasteiger partial charge on any atom is 0.271 e. The van der Waals surface area contributed by atoms with E-state index in [1.165, 1.54) is 12.1 Å². The average molecular weight is 260 g/mol. The number of nitro benzene ring substituents is 1. The number of aromatic nitrogens is 2. The molecule has 0 bridgehead atoms. The van der Waals surface area contributed by atoms with Crippen molar-refractivity contribution < 1.29 is 10.0 Å². The minimum Gasteiger partial charge on any atom is -0.391 e. The van der Waals surface area contributed by atoms with E-state index in [0.717, 1.165) is 13.0 Å². The van der Waals surface area contributed by atoms with Crippen LogP contribution in [0.3, 0.4) is 0 Å². The quantitative estimate of drug-likeness (QED) is 0.642. The molecule has 1 N–H and O–H groups in total. The van der Waals surface area contributed by atoms with Gasteiger partial charge in [-0.05, 0) is 12.5 Å². The molecule has 0 amide bonds. The van der Waals surface area contributed by atoms with Crippen molar-refractivity contribution in [2.45, 2.75) is 12.5 Å². The Hall–Kier alpha value is -2.28. The highest BCUT2D eigenvalue weighted by Crippen LogP contribution is 2.22. The van der Waals surface area contributed by atoms with E-state index in [2.05, 4.69) is 9.97 Å². The van der Waals surface area contributed by atoms with Gasteiger partial charge in [-0.15, -0.1) is 0 Å². The van der Waals surface area contributed by atoms with E-state index in [1.54, 1.807) is 12.3 Å². The standard InChI is InChI=1S/C12H12N4O3/c17-9-3-4-15(7-9)12-6-13-11-5-8(16(18)19)1-2-10(11)14-12/h1-2,5-6,9,17H,3-4,7H2/t9-/m1/s1. The van der Waals surface area contributed by atoms with Gasteiger partial charge >= 0.3 is 0 Å². The molecule has 1 saturated heterocycles. The highest BCUT2D eigenvalue weighted by Gasteiger charge is 2.21. The number of benzene rings is 1. The van der Waals surface area contributed by atoms with Gasteiger partial charge in [-0.1, -0.05) is 0 Å². The van der Waals surface area contributed by atoms with Gasteiger partial charge in [-0.2, -0.15) is 0 Å². The highest BCUT2D eigenvalue weighted by atomic mass is 16.6. The molecule has 1 aliphatic heterocycles. The number of aliphatic hydroxyl groups is 1. The molecule has 1 fully saturated rings. The van der Waals surface area contributed by atoms with Gasteiger partial charge in [-0.3, -0.25) is 15.1 Å². The van der Waals surface area contributed by atoms with Gasteiger partial charge < -0.3 is 10.0 Å². The van der Waals surface area contributed by atoms with Crippen LogP contribution in [-0.4, -0.2) is 39.2 Å². The van der Waals surface area contributed by atoms with Crippen molar-refractivity contribution >= 4 is 22.5 Å². The van der Waals surface area contributed by atoms with E-state index in [1.807, 2.05) is 4.90 Å². The maximum absolute atomic E-state index is 10.7. The maximum atomic E-state index is 10.7. The third kappa shape index (κ3) is 2.19. The van der Waals surface area contributed by atoms with Crippen LogP contribution in [0.2, 0.25) is 0 Å². The molecule has 0 saturated carbocycles. The van der Waals surface area contributed by atoms with Gasteiger partial charge in [0.15, 0.2) is 0 Å². The van der Waals surface area contributed by atoms with Crippen molar-refractivity contribution in [1.82, 2.24) is 9.97 Å². The Morgan fingerprint density at radius 1 is 1.42 bits per heavy atom. The molecular formula is C12H12N4O3. The van der Waals surface area contributed by atoms with E-state index in [0.29, 0.717) is 23.4 Å². The highest BCUT2D eigenvalue weighted by molar-refractivity contribution is 5.78. The second kappa shape index (κ2) is 4.43. The molecule has 2 heterocycles. The van der Waals surface area contributed by atoms with Crippen molar-refractivity contribution in [2.75, 3.05) is 18.0 Å². The topological polar surface area (TPSA) is 92.4 Å². The van der Waals surface area contributed by atoms with Crippen molar-refractivity contribution in [2.24, 2.45) is 0 Å². The van der Waals surface area contributed by atoms with Crippen LogP contribution in [0, 0.1) is 10.1 Å². The third-order valence-corrected chi connectivity index (χ3v) is 3.21. The lowest BCUT2D eigenvalue weighted by Crippen LogP contribution is -2.22. The van der Waals surface area contributed by atoms with Crippen LogP contribution < -0.4 is 4.90 Å². The van der Waals surface area contributed by atoms with Crippen LogP contribution in [0.15, 0.2) is 24.4 Å². The van der Waals surface area contributed by atoms with Crippen LogP contribution >= 0.6 is 0 Å². The van der Waals surface area contributed by atoms with Crippen molar-refractivity contribution in [3.63, 3.8) is 0 Å². The molecule has 0 unspecified atom stereocenters. The molecule has 7 nitrogen and oxygen atoms in total. The Balaban J connectivity index is 1.97. The summed E-state index contributed by atoms with van der Waals surface area (Å²) in [6, 6.07) is 4.42. The Bertz CT molecular complexity index is 646. The van der Waals surface area contributed by atoms with E-state index in [4.69, 9.17) is 0 Å². The average Bonchev–Trinajstić information content (AvgIpc) is 2.84. The molecule has 7 heteroatoms. The van der Waals surface area contributed by atoms with Crippen molar-refractivity contribution in [3.8, 4) is 0 Å². The minimum absolute atomic E-state index is 0.00569. The number of aliphatic hydroxyl groups excluding tert-OH is 1. The number of nitro groups is 1. The smallest absolute Gasteiger partial charge is 0.271 e. The van der Waals surface area contributed by atoms with Crippen LogP contribution in [-0.2, 0) is 0 Å². The molecule has 1 aliphatic rings. The number of anilines is 1. The Morgan fingerprint density at radius 2 is 2.26 bits per heavy atom. The molecule has 2 aromatic rings. The lowest BCUT2D eigenvalue weighted by Gasteiger charge is -2.16. The molecule has 0 spiro atoms. The van der Waals surface area contributed by atoms with Crippen LogP contribution in [0.25, 0.3) is 11.0 Å². The Labute approximate surface area is 108 Å². The lowest BCUT2D eigenvalue weighted by atomic mass is 10.2. The Morgan fingerprint density at radius 3 is 2.95 bits per heavy atom. The number of non-ortho nitro benzene ring substituents is 1. The zero-order valence-electron chi connectivity index (χ0n) is 10.1. The van der Waals surface area contributed by atoms with E-state index < -0.39 is 4.92 Å². The second-order valence-corrected chi connectivity index (χ2v) is 4.55. The van der Waals surface area contributed by atoms with Crippen LogP contribution in [0.4, 0.5) is 11.5 Å². The van der Waals surface area contributed by atoms with E-state index >= 15 is 0 Å². The lowest BCUT2D eigenvalue weighted by molar-refractivity contribution is -0.384. The van der Waals surface area contributed by atoms with Gasteiger partial charge in [0.25, 0.3) is 5.69 Å². The summed E-state index contributed by atoms with van der Waals surface area (Å²) in [5.74, 6) is 0.693. The summed E-state index contributed by atoms with van der Waals surface area (Å²) >= 11 is 0. The minimum atomic E-state index is -0.453. The van der Waals surface area contributed by atoms with Crippen LogP contribution in [0.5, 0.6) is 0 Å².